The third kappa shape index (κ3) is 4.02. The molecule has 27 heavy (non-hydrogen) atoms. The number of nitrogens with zero attached hydrogens (tertiary/aromatic N) is 1. The fourth-order valence-corrected chi connectivity index (χ4v) is 4.90. The first-order chi connectivity index (χ1) is 12.7. The molecule has 148 valence electrons. The summed E-state index contributed by atoms with van der Waals surface area (Å²) in [5.41, 5.74) is 4.13. The number of aryl methyl sites for hydroxylation is 1. The number of fused-ring (bicyclic) bond motifs is 1. The average Bonchev–Trinajstić information content (AvgIpc) is 3.12. The first kappa shape index (κ1) is 20.2. The van der Waals surface area contributed by atoms with Gasteiger partial charge < -0.3 is 15.2 Å². The number of aromatic amines is 1. The zero-order valence-corrected chi connectivity index (χ0v) is 17.3. The number of hydrogen-bond acceptors (Lipinski definition) is 2. The molecule has 2 fully saturated rings. The Morgan fingerprint density at radius 2 is 2.00 bits per heavy atom. The average molecular weight is 390 g/mol. The van der Waals surface area contributed by atoms with Gasteiger partial charge in [0.1, 0.15) is 0 Å². The molecule has 1 aromatic heterocycles. The molecule has 0 bridgehead atoms. The van der Waals surface area contributed by atoms with Gasteiger partial charge in [0, 0.05) is 42.1 Å². The normalized spacial score (nSPS) is 24.0. The van der Waals surface area contributed by atoms with Crippen molar-refractivity contribution in [3.05, 3.63) is 35.5 Å². The van der Waals surface area contributed by atoms with Gasteiger partial charge in [0.2, 0.25) is 5.91 Å². The standard InChI is InChI=1S/C22H31N3O.ClH/c1-3-16-5-4-6-19-20(14-24-21(16)19)17-8-11-25(12-9-17)22(26)18-7-10-23-15(2)13-18;/h4-6,14-15,17-18,23-24H,3,7-13H2,1-2H3;1H/t15-,18-;/m0./s1. The number of rotatable bonds is 3. The van der Waals surface area contributed by atoms with Crippen molar-refractivity contribution in [2.24, 2.45) is 5.92 Å². The van der Waals surface area contributed by atoms with Crippen LogP contribution in [-0.4, -0.2) is 41.5 Å². The molecule has 4 rings (SSSR count). The minimum absolute atomic E-state index is 0. The van der Waals surface area contributed by atoms with Crippen LogP contribution in [0.1, 0.15) is 56.6 Å². The van der Waals surface area contributed by atoms with E-state index < -0.39 is 0 Å². The number of H-pyrrole nitrogens is 1. The van der Waals surface area contributed by atoms with Gasteiger partial charge in [-0.05, 0) is 62.6 Å². The van der Waals surface area contributed by atoms with Crippen LogP contribution in [0, 0.1) is 5.92 Å². The lowest BCUT2D eigenvalue weighted by atomic mass is 9.87. The first-order valence-electron chi connectivity index (χ1n) is 10.3. The maximum atomic E-state index is 12.9. The Labute approximate surface area is 168 Å². The Bertz CT molecular complexity index is 779. The highest BCUT2D eigenvalue weighted by Crippen LogP contribution is 2.35. The van der Waals surface area contributed by atoms with Gasteiger partial charge in [0.25, 0.3) is 0 Å². The van der Waals surface area contributed by atoms with Crippen LogP contribution in [0.4, 0.5) is 0 Å². The van der Waals surface area contributed by atoms with Gasteiger partial charge in [0.05, 0.1) is 0 Å². The fourth-order valence-electron chi connectivity index (χ4n) is 4.90. The van der Waals surface area contributed by atoms with Crippen LogP contribution in [0.3, 0.4) is 0 Å². The number of likely N-dealkylation sites (tertiary alicyclic amines) is 1. The van der Waals surface area contributed by atoms with E-state index in [2.05, 4.69) is 53.4 Å². The number of para-hydroxylation sites is 1. The summed E-state index contributed by atoms with van der Waals surface area (Å²) in [5, 5.41) is 4.82. The summed E-state index contributed by atoms with van der Waals surface area (Å²) in [5.74, 6) is 1.18. The van der Waals surface area contributed by atoms with Crippen molar-refractivity contribution in [2.45, 2.75) is 57.9 Å². The Kier molecular flexibility index (Phi) is 6.48. The van der Waals surface area contributed by atoms with E-state index in [1.165, 1.54) is 22.0 Å². The van der Waals surface area contributed by atoms with Gasteiger partial charge in [0.15, 0.2) is 0 Å². The Morgan fingerprint density at radius 3 is 2.70 bits per heavy atom. The molecule has 2 N–H and O–H groups in total. The summed E-state index contributed by atoms with van der Waals surface area (Å²) in [6.07, 6.45) is 7.40. The number of piperidine rings is 2. The Balaban J connectivity index is 0.00000210. The summed E-state index contributed by atoms with van der Waals surface area (Å²) >= 11 is 0. The minimum atomic E-state index is 0. The van der Waals surface area contributed by atoms with E-state index >= 15 is 0 Å². The molecule has 4 nitrogen and oxygen atoms in total. The number of carbonyl (C=O) groups excluding carboxylic acids is 1. The van der Waals surface area contributed by atoms with Crippen molar-refractivity contribution in [2.75, 3.05) is 19.6 Å². The molecule has 0 aliphatic carbocycles. The Morgan fingerprint density at radius 1 is 1.22 bits per heavy atom. The molecule has 0 saturated carbocycles. The molecule has 2 atom stereocenters. The fraction of sp³-hybridized carbons (Fsp3) is 0.591. The highest BCUT2D eigenvalue weighted by molar-refractivity contribution is 5.86. The maximum absolute atomic E-state index is 12.9. The highest BCUT2D eigenvalue weighted by Gasteiger charge is 2.31. The molecule has 1 aromatic carbocycles. The third-order valence-electron chi connectivity index (χ3n) is 6.43. The van der Waals surface area contributed by atoms with Crippen molar-refractivity contribution in [3.8, 4) is 0 Å². The second-order valence-electron chi connectivity index (χ2n) is 8.11. The molecule has 5 heteroatoms. The van der Waals surface area contributed by atoms with Crippen LogP contribution in [0.25, 0.3) is 10.9 Å². The lowest BCUT2D eigenvalue weighted by molar-refractivity contribution is -0.137. The molecule has 3 heterocycles. The number of benzene rings is 1. The van der Waals surface area contributed by atoms with Crippen LogP contribution in [-0.2, 0) is 11.2 Å². The predicted octanol–water partition coefficient (Wildman–Crippen LogP) is 4.25. The van der Waals surface area contributed by atoms with Crippen molar-refractivity contribution in [1.82, 2.24) is 15.2 Å². The smallest absolute Gasteiger partial charge is 0.225 e. The van der Waals surface area contributed by atoms with Crippen LogP contribution >= 0.6 is 12.4 Å². The van der Waals surface area contributed by atoms with Gasteiger partial charge in [-0.2, -0.15) is 0 Å². The summed E-state index contributed by atoms with van der Waals surface area (Å²) in [7, 11) is 0. The van der Waals surface area contributed by atoms with Crippen molar-refractivity contribution in [1.29, 1.82) is 0 Å². The molecule has 2 saturated heterocycles. The molecule has 2 aromatic rings. The second kappa shape index (κ2) is 8.66. The molecule has 2 aliphatic rings. The number of aromatic nitrogens is 1. The first-order valence-corrected chi connectivity index (χ1v) is 10.3. The molecule has 1 amide bonds. The molecule has 2 aliphatic heterocycles. The topological polar surface area (TPSA) is 48.1 Å². The number of carbonyl (C=O) groups is 1. The lowest BCUT2D eigenvalue weighted by Gasteiger charge is -2.36. The quantitative estimate of drug-likeness (QED) is 0.824. The van der Waals surface area contributed by atoms with E-state index in [1.807, 2.05) is 0 Å². The van der Waals surface area contributed by atoms with E-state index in [4.69, 9.17) is 0 Å². The van der Waals surface area contributed by atoms with Crippen molar-refractivity contribution >= 4 is 29.2 Å². The monoisotopic (exact) mass is 389 g/mol. The number of nitrogens with one attached hydrogen (secondary N) is 2. The van der Waals surface area contributed by atoms with E-state index in [0.29, 0.717) is 17.9 Å². The molecule has 0 spiro atoms. The van der Waals surface area contributed by atoms with Crippen LogP contribution < -0.4 is 5.32 Å². The molecular weight excluding hydrogens is 358 g/mol. The second-order valence-corrected chi connectivity index (χ2v) is 8.11. The van der Waals surface area contributed by atoms with Gasteiger partial charge in [-0.25, -0.2) is 0 Å². The largest absolute Gasteiger partial charge is 0.361 e. The van der Waals surface area contributed by atoms with Crippen LogP contribution in [0.15, 0.2) is 24.4 Å². The highest BCUT2D eigenvalue weighted by atomic mass is 35.5. The predicted molar refractivity (Wildman–Crippen MR) is 114 cm³/mol. The number of amides is 1. The van der Waals surface area contributed by atoms with E-state index in [0.717, 1.165) is 51.7 Å². The van der Waals surface area contributed by atoms with Crippen molar-refractivity contribution < 1.29 is 4.79 Å². The van der Waals surface area contributed by atoms with Gasteiger partial charge in [-0.15, -0.1) is 12.4 Å². The SMILES string of the molecule is CCc1cccc2c(C3CCN(C(=O)[C@H]4CCN[C@@H](C)C4)CC3)c[nH]c12.Cl. The molecule has 0 radical (unpaired) electrons. The summed E-state index contributed by atoms with van der Waals surface area (Å²) in [6.45, 7) is 7.18. The van der Waals surface area contributed by atoms with Gasteiger partial charge >= 0.3 is 0 Å². The zero-order chi connectivity index (χ0) is 18.1. The van der Waals surface area contributed by atoms with E-state index in [9.17, 15) is 4.79 Å². The summed E-state index contributed by atoms with van der Waals surface area (Å²) in [4.78, 5) is 18.5. The Hall–Kier alpha value is -1.52. The van der Waals surface area contributed by atoms with E-state index in [-0.39, 0.29) is 18.3 Å². The van der Waals surface area contributed by atoms with E-state index in [1.54, 1.807) is 0 Å². The van der Waals surface area contributed by atoms with Crippen molar-refractivity contribution in [3.63, 3.8) is 0 Å². The maximum Gasteiger partial charge on any atom is 0.225 e. The number of halogens is 1. The van der Waals surface area contributed by atoms with Crippen LogP contribution in [0.2, 0.25) is 0 Å². The summed E-state index contributed by atoms with van der Waals surface area (Å²) in [6, 6.07) is 7.10. The molecular formula is C22H32ClN3O. The van der Waals surface area contributed by atoms with Crippen LogP contribution in [0.5, 0.6) is 0 Å². The zero-order valence-electron chi connectivity index (χ0n) is 16.5. The third-order valence-corrected chi connectivity index (χ3v) is 6.43. The number of hydrogen-bond donors (Lipinski definition) is 2. The summed E-state index contributed by atoms with van der Waals surface area (Å²) < 4.78 is 0. The lowest BCUT2D eigenvalue weighted by Crippen LogP contribution is -2.46. The minimum Gasteiger partial charge on any atom is -0.361 e. The van der Waals surface area contributed by atoms with Gasteiger partial charge in [-0.1, -0.05) is 25.1 Å². The molecule has 0 unspecified atom stereocenters. The van der Waals surface area contributed by atoms with Gasteiger partial charge in [-0.3, -0.25) is 4.79 Å².